The molecule has 20 heavy (non-hydrogen) atoms. The van der Waals surface area contributed by atoms with E-state index in [4.69, 9.17) is 5.11 Å². The first kappa shape index (κ1) is 16.2. The number of carbonyl (C=O) groups excluding carboxylic acids is 1. The van der Waals surface area contributed by atoms with Gasteiger partial charge in [0.1, 0.15) is 0 Å². The lowest BCUT2D eigenvalue weighted by molar-refractivity contribution is 0.0952. The molecule has 1 aromatic rings. The van der Waals surface area contributed by atoms with Crippen molar-refractivity contribution >= 4 is 5.91 Å². The number of hydrogen-bond acceptors (Lipinski definition) is 3. The van der Waals surface area contributed by atoms with Gasteiger partial charge in [-0.05, 0) is 24.8 Å². The number of nitrogens with one attached hydrogen (secondary N) is 1. The van der Waals surface area contributed by atoms with Crippen LogP contribution in [0.2, 0.25) is 0 Å². The molecule has 4 nitrogen and oxygen atoms in total. The molecule has 0 aromatic carbocycles. The third-order valence-electron chi connectivity index (χ3n) is 2.77. The smallest absolute Gasteiger partial charge is 0.252 e. The van der Waals surface area contributed by atoms with Crippen molar-refractivity contribution in [2.24, 2.45) is 5.92 Å². The zero-order valence-corrected chi connectivity index (χ0v) is 12.1. The molecule has 108 valence electrons. The topological polar surface area (TPSA) is 62.2 Å². The minimum atomic E-state index is -0.121. The van der Waals surface area contributed by atoms with Crippen LogP contribution in [0.5, 0.6) is 0 Å². The Morgan fingerprint density at radius 2 is 2.30 bits per heavy atom. The van der Waals surface area contributed by atoms with E-state index in [1.165, 1.54) is 0 Å². The van der Waals surface area contributed by atoms with E-state index in [0.717, 1.165) is 12.8 Å². The van der Waals surface area contributed by atoms with Gasteiger partial charge >= 0.3 is 0 Å². The molecule has 0 fully saturated rings. The molecule has 0 spiro atoms. The predicted octanol–water partition coefficient (Wildman–Crippen LogP) is 1.98. The first-order chi connectivity index (χ1) is 9.65. The molecular weight excluding hydrogens is 252 g/mol. The van der Waals surface area contributed by atoms with Crippen LogP contribution >= 0.6 is 0 Å². The quantitative estimate of drug-likeness (QED) is 0.616. The van der Waals surface area contributed by atoms with Crippen LogP contribution < -0.4 is 5.32 Å². The molecular formula is C16H22N2O2. The largest absolute Gasteiger partial charge is 0.395 e. The fourth-order valence-electron chi connectivity index (χ4n) is 1.71. The molecule has 1 aromatic heterocycles. The first-order valence-corrected chi connectivity index (χ1v) is 6.97. The van der Waals surface area contributed by atoms with Crippen molar-refractivity contribution in [1.29, 1.82) is 0 Å². The fraction of sp³-hybridized carbons (Fsp3) is 0.500. The summed E-state index contributed by atoms with van der Waals surface area (Å²) in [6, 6.07) is 1.67. The molecule has 1 amide bonds. The summed E-state index contributed by atoms with van der Waals surface area (Å²) in [5, 5.41) is 11.6. The van der Waals surface area contributed by atoms with E-state index in [-0.39, 0.29) is 12.5 Å². The maximum Gasteiger partial charge on any atom is 0.252 e. The lowest BCUT2D eigenvalue weighted by Crippen LogP contribution is -2.25. The number of rotatable bonds is 6. The third kappa shape index (κ3) is 5.85. The third-order valence-corrected chi connectivity index (χ3v) is 2.77. The average Bonchev–Trinajstić information content (AvgIpc) is 2.44. The molecule has 0 bridgehead atoms. The number of aliphatic hydroxyl groups excluding tert-OH is 1. The minimum absolute atomic E-state index is 0.0179. The van der Waals surface area contributed by atoms with Crippen LogP contribution in [0.15, 0.2) is 18.5 Å². The van der Waals surface area contributed by atoms with Crippen LogP contribution in [0.1, 0.15) is 49.0 Å². The lowest BCUT2D eigenvalue weighted by atomic mass is 10.1. The second kappa shape index (κ2) is 9.11. The van der Waals surface area contributed by atoms with Gasteiger partial charge in [0.15, 0.2) is 0 Å². The summed E-state index contributed by atoms with van der Waals surface area (Å²) < 4.78 is 0. The van der Waals surface area contributed by atoms with Crippen molar-refractivity contribution in [2.75, 3.05) is 13.2 Å². The van der Waals surface area contributed by atoms with Crippen LogP contribution in [0.4, 0.5) is 0 Å². The van der Waals surface area contributed by atoms with Crippen molar-refractivity contribution in [3.05, 3.63) is 29.6 Å². The van der Waals surface area contributed by atoms with E-state index in [0.29, 0.717) is 30.0 Å². The Morgan fingerprint density at radius 3 is 3.00 bits per heavy atom. The zero-order valence-electron chi connectivity index (χ0n) is 12.1. The van der Waals surface area contributed by atoms with Crippen molar-refractivity contribution in [1.82, 2.24) is 10.3 Å². The Kier molecular flexibility index (Phi) is 7.38. The van der Waals surface area contributed by atoms with E-state index in [1.807, 2.05) is 0 Å². The van der Waals surface area contributed by atoms with E-state index in [2.05, 4.69) is 36.0 Å². The molecule has 0 aliphatic rings. The van der Waals surface area contributed by atoms with Gasteiger partial charge in [-0.1, -0.05) is 25.7 Å². The first-order valence-electron chi connectivity index (χ1n) is 6.97. The molecule has 0 atom stereocenters. The monoisotopic (exact) mass is 274 g/mol. The van der Waals surface area contributed by atoms with Crippen molar-refractivity contribution in [2.45, 2.75) is 33.1 Å². The highest BCUT2D eigenvalue weighted by atomic mass is 16.2. The van der Waals surface area contributed by atoms with Crippen LogP contribution in [0, 0.1) is 17.8 Å². The Balaban J connectivity index is 2.61. The number of aliphatic hydroxyl groups is 1. The SMILES string of the molecule is CC(C)CCCNC(=O)c1ccncc1C#CCCO. The van der Waals surface area contributed by atoms with E-state index < -0.39 is 0 Å². The number of carbonyl (C=O) groups is 1. The molecule has 0 radical (unpaired) electrons. The predicted molar refractivity (Wildman–Crippen MR) is 79.2 cm³/mol. The van der Waals surface area contributed by atoms with Gasteiger partial charge in [-0.2, -0.15) is 0 Å². The molecule has 2 N–H and O–H groups in total. The Bertz CT molecular complexity index is 487. The Hall–Kier alpha value is -1.86. The summed E-state index contributed by atoms with van der Waals surface area (Å²) in [6.45, 7) is 5.02. The highest BCUT2D eigenvalue weighted by Gasteiger charge is 2.09. The van der Waals surface area contributed by atoms with E-state index in [1.54, 1.807) is 18.5 Å². The second-order valence-electron chi connectivity index (χ2n) is 4.99. The highest BCUT2D eigenvalue weighted by molar-refractivity contribution is 5.96. The Labute approximate surface area is 120 Å². The number of nitrogens with zero attached hydrogens (tertiary/aromatic N) is 1. The van der Waals surface area contributed by atoms with Gasteiger partial charge in [0.05, 0.1) is 17.7 Å². The molecule has 0 aliphatic heterocycles. The van der Waals surface area contributed by atoms with Gasteiger partial charge in [-0.3, -0.25) is 9.78 Å². The van der Waals surface area contributed by atoms with Crippen molar-refractivity contribution in [3.63, 3.8) is 0 Å². The summed E-state index contributed by atoms with van der Waals surface area (Å²) >= 11 is 0. The van der Waals surface area contributed by atoms with Gasteiger partial charge in [0, 0.05) is 25.4 Å². The summed E-state index contributed by atoms with van der Waals surface area (Å²) in [5.74, 6) is 6.20. The number of aromatic nitrogens is 1. The van der Waals surface area contributed by atoms with Crippen molar-refractivity contribution in [3.8, 4) is 11.8 Å². The summed E-state index contributed by atoms with van der Waals surface area (Å²) in [4.78, 5) is 16.1. The van der Waals surface area contributed by atoms with E-state index >= 15 is 0 Å². The summed E-state index contributed by atoms with van der Waals surface area (Å²) in [6.07, 6.45) is 5.62. The maximum atomic E-state index is 12.1. The second-order valence-corrected chi connectivity index (χ2v) is 4.99. The summed E-state index contributed by atoms with van der Waals surface area (Å²) in [7, 11) is 0. The average molecular weight is 274 g/mol. The molecule has 0 saturated heterocycles. The van der Waals surface area contributed by atoms with E-state index in [9.17, 15) is 4.79 Å². The molecule has 4 heteroatoms. The minimum Gasteiger partial charge on any atom is -0.395 e. The number of amides is 1. The number of pyridine rings is 1. The summed E-state index contributed by atoms with van der Waals surface area (Å²) in [5.41, 5.74) is 1.14. The normalized spacial score (nSPS) is 10.0. The van der Waals surface area contributed by atoms with Crippen molar-refractivity contribution < 1.29 is 9.90 Å². The Morgan fingerprint density at radius 1 is 1.50 bits per heavy atom. The van der Waals surface area contributed by atoms with Gasteiger partial charge in [0.25, 0.3) is 5.91 Å². The lowest BCUT2D eigenvalue weighted by Gasteiger charge is -2.08. The van der Waals surface area contributed by atoms with Crippen LogP contribution in [-0.4, -0.2) is 29.1 Å². The molecule has 1 heterocycles. The van der Waals surface area contributed by atoms with Crippen LogP contribution in [0.25, 0.3) is 0 Å². The molecule has 0 saturated carbocycles. The molecule has 1 rings (SSSR count). The van der Waals surface area contributed by atoms with Gasteiger partial charge in [-0.15, -0.1) is 0 Å². The van der Waals surface area contributed by atoms with Crippen LogP contribution in [0.3, 0.4) is 0 Å². The zero-order chi connectivity index (χ0) is 14.8. The van der Waals surface area contributed by atoms with Gasteiger partial charge in [-0.25, -0.2) is 0 Å². The van der Waals surface area contributed by atoms with Crippen LogP contribution in [-0.2, 0) is 0 Å². The standard InChI is InChI=1S/C16H22N2O2/c1-13(2)6-5-9-18-16(20)15-8-10-17-12-14(15)7-3-4-11-19/h8,10,12-13,19H,4-6,9,11H2,1-2H3,(H,18,20). The molecule has 0 unspecified atom stereocenters. The molecule has 0 aliphatic carbocycles. The van der Waals surface area contributed by atoms with Gasteiger partial charge in [0.2, 0.25) is 0 Å². The highest BCUT2D eigenvalue weighted by Crippen LogP contribution is 2.06. The number of hydrogen-bond donors (Lipinski definition) is 2. The maximum absolute atomic E-state index is 12.1. The van der Waals surface area contributed by atoms with Gasteiger partial charge < -0.3 is 10.4 Å². The fourth-order valence-corrected chi connectivity index (χ4v) is 1.71.